The summed E-state index contributed by atoms with van der Waals surface area (Å²) in [5, 5.41) is 9.23. The third-order valence-electron chi connectivity index (χ3n) is 3.41. The van der Waals surface area contributed by atoms with Crippen molar-refractivity contribution in [3.05, 3.63) is 0 Å². The molecule has 0 bridgehead atoms. The molecular formula is C11H25N3O3S. The molecule has 18 heavy (non-hydrogen) atoms. The quantitative estimate of drug-likeness (QED) is 0.666. The van der Waals surface area contributed by atoms with Crippen LogP contribution in [-0.4, -0.2) is 68.6 Å². The predicted molar refractivity (Wildman–Crippen MR) is 71.5 cm³/mol. The van der Waals surface area contributed by atoms with Crippen molar-refractivity contribution in [2.75, 3.05) is 39.8 Å². The molecule has 2 N–H and O–H groups in total. The SMILES string of the molecule is CCN(C)CCNS(=O)(=O)N1CCCCC1CO. The van der Waals surface area contributed by atoms with E-state index < -0.39 is 10.2 Å². The zero-order chi connectivity index (χ0) is 13.6. The summed E-state index contributed by atoms with van der Waals surface area (Å²) in [4.78, 5) is 2.04. The number of hydrogen-bond donors (Lipinski definition) is 2. The Morgan fingerprint density at radius 2 is 2.17 bits per heavy atom. The Kier molecular flexibility index (Phi) is 6.51. The van der Waals surface area contributed by atoms with Crippen LogP contribution in [0.15, 0.2) is 0 Å². The van der Waals surface area contributed by atoms with E-state index in [9.17, 15) is 13.5 Å². The maximum atomic E-state index is 12.1. The highest BCUT2D eigenvalue weighted by Crippen LogP contribution is 2.19. The summed E-state index contributed by atoms with van der Waals surface area (Å²) in [6, 6.07) is -0.264. The van der Waals surface area contributed by atoms with Gasteiger partial charge in [0.2, 0.25) is 0 Å². The summed E-state index contributed by atoms with van der Waals surface area (Å²) < 4.78 is 28.2. The van der Waals surface area contributed by atoms with Gasteiger partial charge in [-0.3, -0.25) is 0 Å². The normalized spacial score (nSPS) is 22.6. The summed E-state index contributed by atoms with van der Waals surface area (Å²) in [5.41, 5.74) is 0. The number of nitrogens with one attached hydrogen (secondary N) is 1. The van der Waals surface area contributed by atoms with Crippen LogP contribution < -0.4 is 4.72 Å². The lowest BCUT2D eigenvalue weighted by Crippen LogP contribution is -2.51. The molecule has 0 radical (unpaired) electrons. The second kappa shape index (κ2) is 7.40. The molecule has 1 fully saturated rings. The molecule has 1 rings (SSSR count). The molecule has 0 aliphatic carbocycles. The first kappa shape index (κ1) is 15.8. The van der Waals surface area contributed by atoms with E-state index in [0.29, 0.717) is 19.6 Å². The van der Waals surface area contributed by atoms with Gasteiger partial charge >= 0.3 is 0 Å². The number of rotatable bonds is 7. The van der Waals surface area contributed by atoms with Gasteiger partial charge in [-0.1, -0.05) is 13.3 Å². The van der Waals surface area contributed by atoms with Crippen LogP contribution in [0.5, 0.6) is 0 Å². The largest absolute Gasteiger partial charge is 0.395 e. The number of aliphatic hydroxyl groups excluding tert-OH is 1. The van der Waals surface area contributed by atoms with E-state index in [1.807, 2.05) is 18.9 Å². The van der Waals surface area contributed by atoms with Crippen molar-refractivity contribution in [2.45, 2.75) is 32.2 Å². The topological polar surface area (TPSA) is 72.9 Å². The molecule has 1 aliphatic rings. The maximum Gasteiger partial charge on any atom is 0.279 e. The molecule has 7 heteroatoms. The van der Waals surface area contributed by atoms with E-state index in [1.165, 1.54) is 4.31 Å². The minimum absolute atomic E-state index is 0.101. The standard InChI is InChI=1S/C11H25N3O3S/c1-3-13(2)9-7-12-18(16,17)14-8-5-4-6-11(14)10-15/h11-12,15H,3-10H2,1-2H3. The monoisotopic (exact) mass is 279 g/mol. The molecule has 1 atom stereocenters. The van der Waals surface area contributed by atoms with Crippen molar-refractivity contribution < 1.29 is 13.5 Å². The van der Waals surface area contributed by atoms with Crippen LogP contribution in [-0.2, 0) is 10.2 Å². The zero-order valence-corrected chi connectivity index (χ0v) is 12.1. The third-order valence-corrected chi connectivity index (χ3v) is 5.08. The van der Waals surface area contributed by atoms with Gasteiger partial charge in [-0.15, -0.1) is 0 Å². The van der Waals surface area contributed by atoms with Gasteiger partial charge in [0.05, 0.1) is 6.61 Å². The first-order chi connectivity index (χ1) is 8.51. The summed E-state index contributed by atoms with van der Waals surface area (Å²) in [5.74, 6) is 0. The van der Waals surface area contributed by atoms with Crippen molar-refractivity contribution in [1.29, 1.82) is 0 Å². The van der Waals surface area contributed by atoms with E-state index in [4.69, 9.17) is 0 Å². The van der Waals surface area contributed by atoms with Crippen molar-refractivity contribution in [3.8, 4) is 0 Å². The molecule has 0 amide bonds. The summed E-state index contributed by atoms with van der Waals surface area (Å²) in [7, 11) is -1.50. The minimum Gasteiger partial charge on any atom is -0.395 e. The fourth-order valence-electron chi connectivity index (χ4n) is 2.08. The number of piperidine rings is 1. The highest BCUT2D eigenvalue weighted by molar-refractivity contribution is 7.87. The van der Waals surface area contributed by atoms with Gasteiger partial charge in [-0.2, -0.15) is 12.7 Å². The van der Waals surface area contributed by atoms with Crippen LogP contribution in [0, 0.1) is 0 Å². The highest BCUT2D eigenvalue weighted by Gasteiger charge is 2.31. The molecular weight excluding hydrogens is 254 g/mol. The minimum atomic E-state index is -3.45. The Hall–Kier alpha value is -0.210. The van der Waals surface area contributed by atoms with Gasteiger partial charge in [0.1, 0.15) is 0 Å². The fourth-order valence-corrected chi connectivity index (χ4v) is 3.53. The lowest BCUT2D eigenvalue weighted by atomic mass is 10.1. The first-order valence-corrected chi connectivity index (χ1v) is 8.01. The molecule has 0 aromatic rings. The summed E-state index contributed by atoms with van der Waals surface area (Å²) >= 11 is 0. The summed E-state index contributed by atoms with van der Waals surface area (Å²) in [6.07, 6.45) is 2.59. The molecule has 0 aromatic heterocycles. The lowest BCUT2D eigenvalue weighted by molar-refractivity contribution is 0.154. The molecule has 6 nitrogen and oxygen atoms in total. The van der Waals surface area contributed by atoms with Crippen LogP contribution in [0.25, 0.3) is 0 Å². The van der Waals surface area contributed by atoms with Crippen LogP contribution in [0.1, 0.15) is 26.2 Å². The molecule has 1 aliphatic heterocycles. The number of nitrogens with zero attached hydrogens (tertiary/aromatic N) is 2. The zero-order valence-electron chi connectivity index (χ0n) is 11.3. The molecule has 108 valence electrons. The average molecular weight is 279 g/mol. The summed E-state index contributed by atoms with van der Waals surface area (Å²) in [6.45, 7) is 4.42. The van der Waals surface area contributed by atoms with Gasteiger partial charge < -0.3 is 10.0 Å². The first-order valence-electron chi connectivity index (χ1n) is 6.57. The Labute approximate surface area is 110 Å². The van der Waals surface area contributed by atoms with Crippen molar-refractivity contribution in [1.82, 2.24) is 13.9 Å². The van der Waals surface area contributed by atoms with Gasteiger partial charge in [-0.25, -0.2) is 4.72 Å². The van der Waals surface area contributed by atoms with Gasteiger partial charge in [-0.05, 0) is 26.4 Å². The van der Waals surface area contributed by atoms with E-state index in [-0.39, 0.29) is 12.6 Å². The van der Waals surface area contributed by atoms with Gasteiger partial charge in [0.15, 0.2) is 0 Å². The Morgan fingerprint density at radius 1 is 1.44 bits per heavy atom. The molecule has 0 spiro atoms. The fraction of sp³-hybridized carbons (Fsp3) is 1.00. The Morgan fingerprint density at radius 3 is 2.78 bits per heavy atom. The van der Waals surface area contributed by atoms with E-state index >= 15 is 0 Å². The smallest absolute Gasteiger partial charge is 0.279 e. The Balaban J connectivity index is 2.50. The molecule has 0 saturated carbocycles. The predicted octanol–water partition coefficient (Wildman–Crippen LogP) is -0.381. The highest BCUT2D eigenvalue weighted by atomic mass is 32.2. The average Bonchev–Trinajstić information content (AvgIpc) is 2.38. The van der Waals surface area contributed by atoms with Crippen molar-refractivity contribution >= 4 is 10.2 Å². The molecule has 1 unspecified atom stereocenters. The lowest BCUT2D eigenvalue weighted by Gasteiger charge is -2.33. The third kappa shape index (κ3) is 4.47. The molecule has 1 heterocycles. The molecule has 1 saturated heterocycles. The number of aliphatic hydroxyl groups is 1. The second-order valence-corrected chi connectivity index (χ2v) is 6.45. The number of hydrogen-bond acceptors (Lipinski definition) is 4. The van der Waals surface area contributed by atoms with Crippen LogP contribution in [0.2, 0.25) is 0 Å². The van der Waals surface area contributed by atoms with Crippen molar-refractivity contribution in [2.24, 2.45) is 0 Å². The van der Waals surface area contributed by atoms with E-state index in [0.717, 1.165) is 25.8 Å². The second-order valence-electron chi connectivity index (χ2n) is 4.74. The maximum absolute atomic E-state index is 12.1. The van der Waals surface area contributed by atoms with Crippen LogP contribution in [0.3, 0.4) is 0 Å². The van der Waals surface area contributed by atoms with Gasteiger partial charge in [0, 0.05) is 25.7 Å². The van der Waals surface area contributed by atoms with Crippen LogP contribution >= 0.6 is 0 Å². The van der Waals surface area contributed by atoms with E-state index in [1.54, 1.807) is 0 Å². The number of likely N-dealkylation sites (N-methyl/N-ethyl adjacent to an activating group) is 1. The van der Waals surface area contributed by atoms with Crippen molar-refractivity contribution in [3.63, 3.8) is 0 Å². The van der Waals surface area contributed by atoms with E-state index in [2.05, 4.69) is 4.72 Å². The Bertz CT molecular complexity index is 334. The molecule has 0 aromatic carbocycles. The van der Waals surface area contributed by atoms with Gasteiger partial charge in [0.25, 0.3) is 10.2 Å². The van der Waals surface area contributed by atoms with Crippen LogP contribution in [0.4, 0.5) is 0 Å².